The van der Waals surface area contributed by atoms with Gasteiger partial charge in [0.25, 0.3) is 0 Å². The third-order valence-corrected chi connectivity index (χ3v) is 2.84. The van der Waals surface area contributed by atoms with E-state index in [1.165, 1.54) is 32.1 Å². The predicted octanol–water partition coefficient (Wildman–Crippen LogP) is -2.74. The first kappa shape index (κ1) is 17.3. The van der Waals surface area contributed by atoms with Crippen LogP contribution >= 0.6 is 0 Å². The molecule has 0 aromatic heterocycles. The van der Waals surface area contributed by atoms with Gasteiger partial charge in [-0.15, -0.1) is 0 Å². The first-order chi connectivity index (χ1) is 5.42. The molecule has 0 N–H and O–H groups in total. The Hall–Kier alpha value is 0.943. The number of halogens is 2. The molecule has 0 saturated heterocycles. The second kappa shape index (κ2) is 8.14. The van der Waals surface area contributed by atoms with E-state index in [0.29, 0.717) is 5.92 Å². The molecule has 0 spiro atoms. The second-order valence-corrected chi connectivity index (χ2v) is 3.53. The molecule has 2 rings (SSSR count). The van der Waals surface area contributed by atoms with Crippen molar-refractivity contribution < 1.29 is 51.0 Å². The molecule has 0 heterocycles. The Kier molecular flexibility index (Phi) is 10.1. The summed E-state index contributed by atoms with van der Waals surface area (Å²) in [5.74, 6) is 0.685. The molecule has 0 bridgehead atoms. The summed E-state index contributed by atoms with van der Waals surface area (Å²) in [5, 5.41) is 0. The van der Waals surface area contributed by atoms with Gasteiger partial charge in [0.2, 0.25) is 0 Å². The first-order valence-electron chi connectivity index (χ1n) is 4.73. The van der Waals surface area contributed by atoms with Gasteiger partial charge in [0.1, 0.15) is 0 Å². The van der Waals surface area contributed by atoms with Crippen molar-refractivity contribution in [3.8, 4) is 0 Å². The molecule has 2 aliphatic rings. The second-order valence-electron chi connectivity index (χ2n) is 3.53. The van der Waals surface area contributed by atoms with E-state index in [9.17, 15) is 0 Å². The Labute approximate surface area is 119 Å². The molecule has 0 fully saturated rings. The normalized spacial score (nSPS) is 23.1. The van der Waals surface area contributed by atoms with Gasteiger partial charge in [-0.1, -0.05) is 38.5 Å². The minimum Gasteiger partial charge on any atom is -1.00 e. The maximum atomic E-state index is 3.45. The fourth-order valence-electron chi connectivity index (χ4n) is 2.18. The Morgan fingerprint density at radius 3 is 2.57 bits per heavy atom. The summed E-state index contributed by atoms with van der Waals surface area (Å²) in [6, 6.07) is 0. The minimum absolute atomic E-state index is 0. The maximum absolute atomic E-state index is 3.45. The van der Waals surface area contributed by atoms with Gasteiger partial charge in [0.05, 0.1) is 0 Å². The van der Waals surface area contributed by atoms with Crippen LogP contribution in [0, 0.1) is 12.0 Å². The summed E-state index contributed by atoms with van der Waals surface area (Å²) in [6.45, 7) is 2.26. The van der Waals surface area contributed by atoms with Gasteiger partial charge in [0.15, 0.2) is 0 Å². The molecular formula is C11H15Cl2Zr. The number of allylic oxidation sites excluding steroid dienone is 4. The van der Waals surface area contributed by atoms with Gasteiger partial charge >= 0.3 is 26.2 Å². The zero-order chi connectivity index (χ0) is 7.68. The fourth-order valence-corrected chi connectivity index (χ4v) is 2.18. The van der Waals surface area contributed by atoms with Crippen LogP contribution in [0.4, 0.5) is 0 Å². The average Bonchev–Trinajstić information content (AvgIpc) is 2.47. The molecule has 2 aliphatic carbocycles. The van der Waals surface area contributed by atoms with Crippen LogP contribution in [0.3, 0.4) is 0 Å². The molecule has 1 unspecified atom stereocenters. The Morgan fingerprint density at radius 2 is 1.93 bits per heavy atom. The Morgan fingerprint density at radius 1 is 1.29 bits per heavy atom. The first-order valence-corrected chi connectivity index (χ1v) is 4.73. The zero-order valence-corrected chi connectivity index (χ0v) is 12.4. The van der Waals surface area contributed by atoms with E-state index >= 15 is 0 Å². The van der Waals surface area contributed by atoms with Crippen LogP contribution in [0.5, 0.6) is 0 Å². The minimum atomic E-state index is 0. The molecule has 0 aromatic carbocycles. The topological polar surface area (TPSA) is 0 Å². The standard InChI is InChI=1S/C11H15.2ClH.Zr/c1-2-9-7-8-10-5-3-4-6-11(9)10;;;/h8-9H,2-6H2,1H3;2*1H;/q-1;;;+3/p-2. The zero-order valence-electron chi connectivity index (χ0n) is 8.45. The monoisotopic (exact) mass is 307 g/mol. The third-order valence-electron chi connectivity index (χ3n) is 2.84. The van der Waals surface area contributed by atoms with Crippen molar-refractivity contribution in [2.45, 2.75) is 39.0 Å². The van der Waals surface area contributed by atoms with E-state index in [1.807, 2.05) is 0 Å². The van der Waals surface area contributed by atoms with Crippen molar-refractivity contribution in [3.63, 3.8) is 0 Å². The van der Waals surface area contributed by atoms with Crippen molar-refractivity contribution in [1.29, 1.82) is 0 Å². The molecular weight excluding hydrogens is 294 g/mol. The van der Waals surface area contributed by atoms with Crippen LogP contribution in [0.1, 0.15) is 39.0 Å². The van der Waals surface area contributed by atoms with Gasteiger partial charge in [-0.2, -0.15) is 11.1 Å². The summed E-state index contributed by atoms with van der Waals surface area (Å²) in [4.78, 5) is 0. The van der Waals surface area contributed by atoms with Crippen LogP contribution in [-0.2, 0) is 26.2 Å². The molecule has 14 heavy (non-hydrogen) atoms. The summed E-state index contributed by atoms with van der Waals surface area (Å²) in [5.41, 5.74) is 3.32. The van der Waals surface area contributed by atoms with E-state index in [2.05, 4.69) is 19.1 Å². The van der Waals surface area contributed by atoms with E-state index in [0.717, 1.165) is 0 Å². The van der Waals surface area contributed by atoms with Crippen molar-refractivity contribution in [2.75, 3.05) is 0 Å². The SMILES string of the molecule is CCC1[C-]=CC2=C1CCCC2.[Cl-].[Cl-].[Zr+3]. The van der Waals surface area contributed by atoms with Gasteiger partial charge in [-0.05, 0) is 6.42 Å². The predicted molar refractivity (Wildman–Crippen MR) is 47.1 cm³/mol. The molecule has 0 nitrogen and oxygen atoms in total. The van der Waals surface area contributed by atoms with E-state index in [-0.39, 0.29) is 51.0 Å². The maximum Gasteiger partial charge on any atom is 3.00 e. The molecule has 0 saturated carbocycles. The Bertz CT molecular complexity index is 221. The summed E-state index contributed by atoms with van der Waals surface area (Å²) in [6.07, 6.45) is 12.4. The van der Waals surface area contributed by atoms with Crippen LogP contribution < -0.4 is 24.8 Å². The largest absolute Gasteiger partial charge is 3.00 e. The average molecular weight is 309 g/mol. The van der Waals surface area contributed by atoms with Gasteiger partial charge in [-0.25, -0.2) is 6.08 Å². The summed E-state index contributed by atoms with van der Waals surface area (Å²) >= 11 is 0. The van der Waals surface area contributed by atoms with E-state index < -0.39 is 0 Å². The van der Waals surface area contributed by atoms with E-state index in [4.69, 9.17) is 0 Å². The van der Waals surface area contributed by atoms with Crippen LogP contribution in [0.2, 0.25) is 0 Å². The van der Waals surface area contributed by atoms with Gasteiger partial charge in [-0.3, -0.25) is 6.08 Å². The molecule has 0 aromatic rings. The van der Waals surface area contributed by atoms with Crippen molar-refractivity contribution >= 4 is 0 Å². The molecule has 0 aliphatic heterocycles. The van der Waals surface area contributed by atoms with Crippen molar-refractivity contribution in [1.82, 2.24) is 0 Å². The molecule has 1 atom stereocenters. The summed E-state index contributed by atoms with van der Waals surface area (Å²) < 4.78 is 0. The van der Waals surface area contributed by atoms with Crippen molar-refractivity contribution in [2.24, 2.45) is 5.92 Å². The van der Waals surface area contributed by atoms with Crippen LogP contribution in [0.25, 0.3) is 0 Å². The van der Waals surface area contributed by atoms with Crippen LogP contribution in [0.15, 0.2) is 17.2 Å². The van der Waals surface area contributed by atoms with Gasteiger partial charge in [0, 0.05) is 0 Å². The number of hydrogen-bond acceptors (Lipinski definition) is 0. The third kappa shape index (κ3) is 3.51. The fraction of sp³-hybridized carbons (Fsp3) is 0.636. The van der Waals surface area contributed by atoms with Gasteiger partial charge < -0.3 is 24.8 Å². The summed E-state index contributed by atoms with van der Waals surface area (Å²) in [7, 11) is 0. The molecule has 77 valence electrons. The Balaban J connectivity index is 0. The van der Waals surface area contributed by atoms with Crippen molar-refractivity contribution in [3.05, 3.63) is 23.3 Å². The van der Waals surface area contributed by atoms with E-state index in [1.54, 1.807) is 11.1 Å². The molecule has 3 heteroatoms. The smallest absolute Gasteiger partial charge is 1.00 e. The number of hydrogen-bond donors (Lipinski definition) is 0. The molecule has 0 amide bonds. The quantitative estimate of drug-likeness (QED) is 0.461. The van der Waals surface area contributed by atoms with Crippen LogP contribution in [-0.4, -0.2) is 0 Å². The molecule has 1 radical (unpaired) electrons. The number of rotatable bonds is 1.